The molecule has 0 amide bonds. The summed E-state index contributed by atoms with van der Waals surface area (Å²) in [6, 6.07) is 2.12. The van der Waals surface area contributed by atoms with Gasteiger partial charge in [0.1, 0.15) is 11.2 Å². The normalized spacial score (nSPS) is 13.2. The number of methoxy groups -OCH3 is 1. The van der Waals surface area contributed by atoms with E-state index in [0.29, 0.717) is 13.0 Å². The van der Waals surface area contributed by atoms with Gasteiger partial charge in [0.05, 0.1) is 17.7 Å². The molecule has 2 heterocycles. The van der Waals surface area contributed by atoms with E-state index in [0.717, 1.165) is 15.9 Å². The quantitative estimate of drug-likeness (QED) is 0.789. The van der Waals surface area contributed by atoms with Crippen LogP contribution in [0.1, 0.15) is 10.6 Å². The van der Waals surface area contributed by atoms with Gasteiger partial charge in [0.25, 0.3) is 0 Å². The van der Waals surface area contributed by atoms with Crippen LogP contribution in [0.5, 0.6) is 0 Å². The topological polar surface area (TPSA) is 35.0 Å². The van der Waals surface area contributed by atoms with Crippen LogP contribution in [0.15, 0.2) is 12.4 Å². The van der Waals surface area contributed by atoms with E-state index in [-0.39, 0.29) is 5.38 Å². The van der Waals surface area contributed by atoms with Crippen molar-refractivity contribution in [3.63, 3.8) is 0 Å². The average Bonchev–Trinajstić information content (AvgIpc) is 2.60. The molecule has 0 radical (unpaired) electrons. The van der Waals surface area contributed by atoms with Crippen LogP contribution in [0.4, 0.5) is 0 Å². The van der Waals surface area contributed by atoms with Gasteiger partial charge in [-0.2, -0.15) is 0 Å². The number of aromatic nitrogens is 2. The van der Waals surface area contributed by atoms with Gasteiger partial charge >= 0.3 is 0 Å². The molecule has 2 rings (SSSR count). The van der Waals surface area contributed by atoms with Gasteiger partial charge in [-0.3, -0.25) is 0 Å². The molecule has 1 atom stereocenters. The second-order valence-electron chi connectivity index (χ2n) is 3.65. The molecule has 86 valence electrons. The molecule has 0 N–H and O–H groups in total. The molecule has 0 saturated carbocycles. The Morgan fingerprint density at radius 2 is 2.31 bits per heavy atom. The van der Waals surface area contributed by atoms with E-state index in [1.807, 2.05) is 0 Å². The van der Waals surface area contributed by atoms with Crippen molar-refractivity contribution < 1.29 is 4.74 Å². The van der Waals surface area contributed by atoms with Crippen molar-refractivity contribution in [1.82, 2.24) is 9.97 Å². The molecule has 2 aromatic heterocycles. The predicted octanol–water partition coefficient (Wildman–Crippen LogP) is 2.80. The minimum absolute atomic E-state index is 0.0386. The summed E-state index contributed by atoms with van der Waals surface area (Å²) in [5, 5.41) is 1.08. The summed E-state index contributed by atoms with van der Waals surface area (Å²) < 4.78 is 5.02. The van der Waals surface area contributed by atoms with Crippen molar-refractivity contribution in [2.24, 2.45) is 0 Å². The van der Waals surface area contributed by atoms with Crippen LogP contribution in [-0.4, -0.2) is 29.1 Å². The van der Waals surface area contributed by atoms with Crippen LogP contribution in [0, 0.1) is 6.92 Å². The number of thiophene rings is 1. The molecule has 0 aliphatic rings. The Labute approximate surface area is 103 Å². The van der Waals surface area contributed by atoms with Crippen LogP contribution >= 0.6 is 22.9 Å². The largest absolute Gasteiger partial charge is 0.383 e. The van der Waals surface area contributed by atoms with E-state index < -0.39 is 0 Å². The van der Waals surface area contributed by atoms with Crippen LogP contribution in [0.25, 0.3) is 10.2 Å². The highest BCUT2D eigenvalue weighted by atomic mass is 35.5. The van der Waals surface area contributed by atoms with E-state index in [1.54, 1.807) is 24.8 Å². The van der Waals surface area contributed by atoms with Gasteiger partial charge in [0, 0.05) is 23.8 Å². The first-order chi connectivity index (χ1) is 7.70. The Morgan fingerprint density at radius 3 is 3.06 bits per heavy atom. The number of rotatable bonds is 4. The molecule has 0 aliphatic heterocycles. The maximum Gasteiger partial charge on any atom is 0.127 e. The molecule has 0 bridgehead atoms. The van der Waals surface area contributed by atoms with E-state index in [4.69, 9.17) is 16.3 Å². The number of hydrogen-bond donors (Lipinski definition) is 0. The predicted molar refractivity (Wildman–Crippen MR) is 67.4 cm³/mol. The fraction of sp³-hybridized carbons (Fsp3) is 0.455. The van der Waals surface area contributed by atoms with Crippen molar-refractivity contribution in [3.8, 4) is 0 Å². The molecular weight excluding hydrogens is 244 g/mol. The third kappa shape index (κ3) is 2.51. The molecule has 0 fully saturated rings. The molecule has 16 heavy (non-hydrogen) atoms. The first-order valence-corrected chi connectivity index (χ1v) is 6.29. The van der Waals surface area contributed by atoms with Crippen LogP contribution in [-0.2, 0) is 11.2 Å². The Bertz CT molecular complexity index is 486. The maximum atomic E-state index is 6.14. The lowest BCUT2D eigenvalue weighted by Gasteiger charge is -2.07. The van der Waals surface area contributed by atoms with Gasteiger partial charge in [0.15, 0.2) is 0 Å². The Hall–Kier alpha value is -0.710. The smallest absolute Gasteiger partial charge is 0.127 e. The summed E-state index contributed by atoms with van der Waals surface area (Å²) in [4.78, 5) is 10.8. The lowest BCUT2D eigenvalue weighted by Crippen LogP contribution is -2.11. The number of hydrogen-bond acceptors (Lipinski definition) is 4. The number of ether oxygens (including phenoxy) is 1. The third-order valence-electron chi connectivity index (χ3n) is 2.30. The number of fused-ring (bicyclic) bond motifs is 1. The van der Waals surface area contributed by atoms with E-state index in [1.165, 1.54) is 4.88 Å². The van der Waals surface area contributed by atoms with Crippen LogP contribution in [0.2, 0.25) is 0 Å². The fourth-order valence-electron chi connectivity index (χ4n) is 1.64. The Balaban J connectivity index is 2.29. The lowest BCUT2D eigenvalue weighted by atomic mass is 10.2. The SMILES string of the molecule is COCC(Cl)Cc1ncnc2sc(C)cc12. The molecule has 2 aromatic rings. The van der Waals surface area contributed by atoms with Crippen LogP contribution in [0.3, 0.4) is 0 Å². The highest BCUT2D eigenvalue weighted by Crippen LogP contribution is 2.25. The molecule has 5 heteroatoms. The van der Waals surface area contributed by atoms with Crippen molar-refractivity contribution in [1.29, 1.82) is 0 Å². The Kier molecular flexibility index (Phi) is 3.74. The second kappa shape index (κ2) is 5.08. The minimum atomic E-state index is -0.0386. The first kappa shape index (κ1) is 11.8. The zero-order valence-corrected chi connectivity index (χ0v) is 10.8. The summed E-state index contributed by atoms with van der Waals surface area (Å²) in [5.41, 5.74) is 1.01. The number of nitrogens with zero attached hydrogens (tertiary/aromatic N) is 2. The summed E-state index contributed by atoms with van der Waals surface area (Å²) in [6.07, 6.45) is 2.31. The van der Waals surface area contributed by atoms with Crippen LogP contribution < -0.4 is 0 Å². The first-order valence-electron chi connectivity index (χ1n) is 5.03. The summed E-state index contributed by atoms with van der Waals surface area (Å²) in [7, 11) is 1.65. The van der Waals surface area contributed by atoms with Crippen molar-refractivity contribution in [2.45, 2.75) is 18.7 Å². The fourth-order valence-corrected chi connectivity index (χ4v) is 2.78. The number of aryl methyl sites for hydroxylation is 1. The monoisotopic (exact) mass is 256 g/mol. The summed E-state index contributed by atoms with van der Waals surface area (Å²) in [6.45, 7) is 2.61. The van der Waals surface area contributed by atoms with Crippen molar-refractivity contribution >= 4 is 33.2 Å². The molecular formula is C11H13ClN2OS. The van der Waals surface area contributed by atoms with Gasteiger partial charge in [-0.05, 0) is 13.0 Å². The second-order valence-corrected chi connectivity index (χ2v) is 5.50. The van der Waals surface area contributed by atoms with E-state index in [2.05, 4.69) is 23.0 Å². The molecule has 0 aromatic carbocycles. The highest BCUT2D eigenvalue weighted by molar-refractivity contribution is 7.18. The lowest BCUT2D eigenvalue weighted by molar-refractivity contribution is 0.197. The van der Waals surface area contributed by atoms with E-state index >= 15 is 0 Å². The van der Waals surface area contributed by atoms with Gasteiger partial charge in [0.2, 0.25) is 0 Å². The Morgan fingerprint density at radius 1 is 1.50 bits per heavy atom. The van der Waals surface area contributed by atoms with Crippen molar-refractivity contribution in [2.75, 3.05) is 13.7 Å². The van der Waals surface area contributed by atoms with E-state index in [9.17, 15) is 0 Å². The van der Waals surface area contributed by atoms with Crippen molar-refractivity contribution in [3.05, 3.63) is 23.0 Å². The standard InChI is InChI=1S/C11H13ClN2OS/c1-7-3-9-10(4-8(12)5-15-2)13-6-14-11(9)16-7/h3,6,8H,4-5H2,1-2H3. The zero-order valence-electron chi connectivity index (χ0n) is 9.24. The highest BCUT2D eigenvalue weighted by Gasteiger charge is 2.11. The molecule has 3 nitrogen and oxygen atoms in total. The minimum Gasteiger partial charge on any atom is -0.383 e. The number of alkyl halides is 1. The zero-order chi connectivity index (χ0) is 11.5. The molecule has 1 unspecified atom stereocenters. The summed E-state index contributed by atoms with van der Waals surface area (Å²) >= 11 is 7.82. The number of halogens is 1. The maximum absolute atomic E-state index is 6.14. The molecule has 0 saturated heterocycles. The third-order valence-corrected chi connectivity index (χ3v) is 3.54. The average molecular weight is 257 g/mol. The van der Waals surface area contributed by atoms with Gasteiger partial charge < -0.3 is 4.74 Å². The van der Waals surface area contributed by atoms with Gasteiger partial charge in [-0.1, -0.05) is 0 Å². The van der Waals surface area contributed by atoms with Gasteiger partial charge in [-0.15, -0.1) is 22.9 Å². The van der Waals surface area contributed by atoms with Gasteiger partial charge in [-0.25, -0.2) is 9.97 Å². The molecule has 0 aliphatic carbocycles. The molecule has 0 spiro atoms. The summed E-state index contributed by atoms with van der Waals surface area (Å²) in [5.74, 6) is 0.